The van der Waals surface area contributed by atoms with E-state index in [1.54, 1.807) is 0 Å². The maximum absolute atomic E-state index is 12.9. The molecular formula is C12H12F2O3. The standard InChI is InChI=1S/C12H12F2O3/c13-9-5-4-7(6-10(9)14)17-11-3-1-2-8(11)12(15)16/h4-6,8,11H,1-3H2,(H,15,16). The maximum atomic E-state index is 12.9. The molecule has 5 heteroatoms. The molecule has 1 N–H and O–H groups in total. The Bertz CT molecular complexity index is 434. The Kier molecular flexibility index (Phi) is 3.26. The van der Waals surface area contributed by atoms with Gasteiger partial charge in [-0.3, -0.25) is 4.79 Å². The van der Waals surface area contributed by atoms with E-state index in [0.29, 0.717) is 12.8 Å². The van der Waals surface area contributed by atoms with Gasteiger partial charge in [0, 0.05) is 6.07 Å². The van der Waals surface area contributed by atoms with E-state index in [9.17, 15) is 13.6 Å². The second-order valence-electron chi connectivity index (χ2n) is 4.11. The molecule has 0 aliphatic heterocycles. The van der Waals surface area contributed by atoms with Crippen LogP contribution in [0.3, 0.4) is 0 Å². The van der Waals surface area contributed by atoms with Crippen molar-refractivity contribution in [3.8, 4) is 5.75 Å². The molecule has 1 aliphatic rings. The van der Waals surface area contributed by atoms with Gasteiger partial charge in [0.25, 0.3) is 0 Å². The van der Waals surface area contributed by atoms with Gasteiger partial charge >= 0.3 is 5.97 Å². The molecule has 1 fully saturated rings. The molecule has 0 aromatic heterocycles. The minimum Gasteiger partial charge on any atom is -0.489 e. The number of hydrogen-bond acceptors (Lipinski definition) is 2. The van der Waals surface area contributed by atoms with Gasteiger partial charge in [-0.15, -0.1) is 0 Å². The molecular weight excluding hydrogens is 230 g/mol. The molecule has 0 amide bonds. The quantitative estimate of drug-likeness (QED) is 0.886. The topological polar surface area (TPSA) is 46.5 Å². The zero-order valence-electron chi connectivity index (χ0n) is 9.03. The first-order valence-electron chi connectivity index (χ1n) is 5.42. The van der Waals surface area contributed by atoms with Crippen molar-refractivity contribution in [1.29, 1.82) is 0 Å². The third-order valence-electron chi connectivity index (χ3n) is 2.95. The lowest BCUT2D eigenvalue weighted by atomic mass is 10.1. The zero-order valence-corrected chi connectivity index (χ0v) is 9.03. The number of hydrogen-bond donors (Lipinski definition) is 1. The largest absolute Gasteiger partial charge is 0.489 e. The number of carbonyl (C=O) groups is 1. The van der Waals surface area contributed by atoms with Crippen molar-refractivity contribution in [2.45, 2.75) is 25.4 Å². The Morgan fingerprint density at radius 1 is 1.29 bits per heavy atom. The van der Waals surface area contributed by atoms with Crippen molar-refractivity contribution in [2.75, 3.05) is 0 Å². The van der Waals surface area contributed by atoms with Gasteiger partial charge in [-0.1, -0.05) is 0 Å². The van der Waals surface area contributed by atoms with Crippen molar-refractivity contribution >= 4 is 5.97 Å². The summed E-state index contributed by atoms with van der Waals surface area (Å²) in [5, 5.41) is 8.95. The van der Waals surface area contributed by atoms with E-state index in [1.807, 2.05) is 0 Å². The monoisotopic (exact) mass is 242 g/mol. The minimum absolute atomic E-state index is 0.169. The fourth-order valence-corrected chi connectivity index (χ4v) is 2.07. The molecule has 2 atom stereocenters. The molecule has 92 valence electrons. The smallest absolute Gasteiger partial charge is 0.310 e. The van der Waals surface area contributed by atoms with E-state index in [2.05, 4.69) is 0 Å². The van der Waals surface area contributed by atoms with Crippen LogP contribution in [-0.2, 0) is 4.79 Å². The van der Waals surface area contributed by atoms with Crippen LogP contribution in [0.15, 0.2) is 18.2 Å². The molecule has 0 spiro atoms. The first-order valence-corrected chi connectivity index (χ1v) is 5.42. The summed E-state index contributed by atoms with van der Waals surface area (Å²) in [6, 6.07) is 3.21. The molecule has 2 rings (SSSR count). The van der Waals surface area contributed by atoms with E-state index < -0.39 is 29.6 Å². The number of carboxylic acids is 1. The van der Waals surface area contributed by atoms with Gasteiger partial charge in [0.2, 0.25) is 0 Å². The zero-order chi connectivity index (χ0) is 12.4. The third-order valence-corrected chi connectivity index (χ3v) is 2.95. The molecule has 1 aromatic rings. The van der Waals surface area contributed by atoms with Crippen LogP contribution in [0, 0.1) is 17.6 Å². The first-order chi connectivity index (χ1) is 8.08. The van der Waals surface area contributed by atoms with Crippen LogP contribution < -0.4 is 4.74 Å². The third kappa shape index (κ3) is 2.54. The van der Waals surface area contributed by atoms with Crippen molar-refractivity contribution in [2.24, 2.45) is 5.92 Å². The highest BCUT2D eigenvalue weighted by Gasteiger charge is 2.34. The number of halogens is 2. The highest BCUT2D eigenvalue weighted by atomic mass is 19.2. The summed E-state index contributed by atoms with van der Waals surface area (Å²) in [5.74, 6) is -3.24. The normalized spacial score (nSPS) is 23.6. The molecule has 3 nitrogen and oxygen atoms in total. The second kappa shape index (κ2) is 4.69. The Labute approximate surface area is 97.0 Å². The summed E-state index contributed by atoms with van der Waals surface area (Å²) in [6.07, 6.45) is 1.49. The van der Waals surface area contributed by atoms with Gasteiger partial charge in [-0.25, -0.2) is 8.78 Å². The van der Waals surface area contributed by atoms with Gasteiger partial charge in [0.05, 0.1) is 5.92 Å². The average molecular weight is 242 g/mol. The lowest BCUT2D eigenvalue weighted by Crippen LogP contribution is -2.27. The van der Waals surface area contributed by atoms with Crippen LogP contribution in [0.1, 0.15) is 19.3 Å². The summed E-state index contributed by atoms with van der Waals surface area (Å²) in [4.78, 5) is 10.9. The number of carboxylic acid groups (broad SMARTS) is 1. The fraction of sp³-hybridized carbons (Fsp3) is 0.417. The van der Waals surface area contributed by atoms with Crippen LogP contribution in [0.4, 0.5) is 8.78 Å². The number of ether oxygens (including phenoxy) is 1. The highest BCUT2D eigenvalue weighted by Crippen LogP contribution is 2.30. The molecule has 0 radical (unpaired) electrons. The summed E-state index contributed by atoms with van der Waals surface area (Å²) in [6.45, 7) is 0. The van der Waals surface area contributed by atoms with E-state index in [0.717, 1.165) is 18.6 Å². The molecule has 0 heterocycles. The molecule has 2 unspecified atom stereocenters. The van der Waals surface area contributed by atoms with Gasteiger partial charge in [-0.05, 0) is 31.4 Å². The molecule has 1 saturated carbocycles. The van der Waals surface area contributed by atoms with Crippen molar-refractivity contribution in [3.05, 3.63) is 29.8 Å². The summed E-state index contributed by atoms with van der Waals surface area (Å²) in [7, 11) is 0. The Morgan fingerprint density at radius 3 is 2.71 bits per heavy atom. The summed E-state index contributed by atoms with van der Waals surface area (Å²) < 4.78 is 31.0. The molecule has 1 aliphatic carbocycles. The number of rotatable bonds is 3. The minimum atomic E-state index is -0.993. The summed E-state index contributed by atoms with van der Waals surface area (Å²) in [5.41, 5.74) is 0. The van der Waals surface area contributed by atoms with Gasteiger partial charge in [-0.2, -0.15) is 0 Å². The van der Waals surface area contributed by atoms with Gasteiger partial charge in [0.1, 0.15) is 11.9 Å². The Hall–Kier alpha value is -1.65. The van der Waals surface area contributed by atoms with Crippen LogP contribution in [-0.4, -0.2) is 17.2 Å². The lowest BCUT2D eigenvalue weighted by Gasteiger charge is -2.18. The second-order valence-corrected chi connectivity index (χ2v) is 4.11. The Balaban J connectivity index is 2.09. The van der Waals surface area contributed by atoms with E-state index >= 15 is 0 Å². The van der Waals surface area contributed by atoms with Crippen LogP contribution in [0.5, 0.6) is 5.75 Å². The molecule has 0 saturated heterocycles. The summed E-state index contributed by atoms with van der Waals surface area (Å²) >= 11 is 0. The van der Waals surface area contributed by atoms with Crippen molar-refractivity contribution < 1.29 is 23.4 Å². The molecule has 1 aromatic carbocycles. The van der Waals surface area contributed by atoms with Crippen LogP contribution in [0.25, 0.3) is 0 Å². The van der Waals surface area contributed by atoms with E-state index in [-0.39, 0.29) is 5.75 Å². The fourth-order valence-electron chi connectivity index (χ4n) is 2.07. The van der Waals surface area contributed by atoms with Gasteiger partial charge in [0.15, 0.2) is 11.6 Å². The number of aliphatic carboxylic acids is 1. The predicted octanol–water partition coefficient (Wildman–Crippen LogP) is 2.60. The maximum Gasteiger partial charge on any atom is 0.310 e. The van der Waals surface area contributed by atoms with E-state index in [4.69, 9.17) is 9.84 Å². The lowest BCUT2D eigenvalue weighted by molar-refractivity contribution is -0.144. The first kappa shape index (κ1) is 11.8. The van der Waals surface area contributed by atoms with Crippen LogP contribution in [0.2, 0.25) is 0 Å². The van der Waals surface area contributed by atoms with E-state index in [1.165, 1.54) is 6.07 Å². The number of benzene rings is 1. The Morgan fingerprint density at radius 2 is 2.06 bits per heavy atom. The SMILES string of the molecule is O=C(O)C1CCCC1Oc1ccc(F)c(F)c1. The van der Waals surface area contributed by atoms with Gasteiger partial charge < -0.3 is 9.84 Å². The van der Waals surface area contributed by atoms with Crippen molar-refractivity contribution in [1.82, 2.24) is 0 Å². The molecule has 17 heavy (non-hydrogen) atoms. The molecule has 0 bridgehead atoms. The highest BCUT2D eigenvalue weighted by molar-refractivity contribution is 5.71. The predicted molar refractivity (Wildman–Crippen MR) is 55.8 cm³/mol. The van der Waals surface area contributed by atoms with Crippen molar-refractivity contribution in [3.63, 3.8) is 0 Å². The van der Waals surface area contributed by atoms with Crippen LogP contribution >= 0.6 is 0 Å². The average Bonchev–Trinajstić information content (AvgIpc) is 2.72.